The Kier molecular flexibility index (Phi) is 5.84. The lowest BCUT2D eigenvalue weighted by molar-refractivity contribution is -0.133. The third-order valence-corrected chi connectivity index (χ3v) is 9.25. The van der Waals surface area contributed by atoms with Gasteiger partial charge in [-0.1, -0.05) is 29.8 Å². The predicted octanol–water partition coefficient (Wildman–Crippen LogP) is 4.52. The number of amides is 1. The van der Waals surface area contributed by atoms with E-state index in [1.165, 1.54) is 21.3 Å². The highest BCUT2D eigenvalue weighted by Gasteiger charge is 2.41. The largest absolute Gasteiger partial charge is 0.330 e. The lowest BCUT2D eigenvalue weighted by Gasteiger charge is -2.37. The summed E-state index contributed by atoms with van der Waals surface area (Å²) in [6.07, 6.45) is 2.24. The Morgan fingerprint density at radius 3 is 2.45 bits per heavy atom. The summed E-state index contributed by atoms with van der Waals surface area (Å²) < 4.78 is 41.8. The molecule has 33 heavy (non-hydrogen) atoms. The molecule has 172 valence electrons. The molecule has 1 amide bonds. The van der Waals surface area contributed by atoms with Crippen LogP contribution in [0.5, 0.6) is 0 Å². The van der Waals surface area contributed by atoms with Gasteiger partial charge in [0.2, 0.25) is 15.9 Å². The fourth-order valence-corrected chi connectivity index (χ4v) is 6.97. The van der Waals surface area contributed by atoms with Crippen molar-refractivity contribution < 1.29 is 17.6 Å². The zero-order chi connectivity index (χ0) is 23.2. The zero-order valence-electron chi connectivity index (χ0n) is 18.3. The number of rotatable bonds is 6. The maximum absolute atomic E-state index is 13.6. The molecule has 1 fully saturated rings. The number of hydrogen-bond acceptors (Lipinski definition) is 4. The molecule has 0 bridgehead atoms. The topological polar surface area (TPSA) is 57.7 Å². The Bertz CT molecular complexity index is 1270. The lowest BCUT2D eigenvalue weighted by Crippen LogP contribution is -2.47. The fourth-order valence-electron chi connectivity index (χ4n) is 4.43. The fraction of sp³-hybridized carbons (Fsp3) is 0.320. The Balaban J connectivity index is 1.46. The second-order valence-corrected chi connectivity index (χ2v) is 11.6. The van der Waals surface area contributed by atoms with Crippen LogP contribution >= 0.6 is 11.3 Å². The maximum atomic E-state index is 13.6. The Morgan fingerprint density at radius 1 is 1.09 bits per heavy atom. The molecule has 0 spiro atoms. The average molecular weight is 485 g/mol. The third kappa shape index (κ3) is 4.35. The van der Waals surface area contributed by atoms with Crippen LogP contribution in [0.3, 0.4) is 0 Å². The third-order valence-electron chi connectivity index (χ3n) is 6.34. The predicted molar refractivity (Wildman–Crippen MR) is 126 cm³/mol. The molecule has 1 aliphatic carbocycles. The number of sulfonamides is 1. The molecule has 1 atom stereocenters. The number of nitrogens with zero attached hydrogens (tertiary/aromatic N) is 2. The van der Waals surface area contributed by atoms with Crippen molar-refractivity contribution in [3.63, 3.8) is 0 Å². The summed E-state index contributed by atoms with van der Waals surface area (Å²) in [7, 11) is -3.79. The van der Waals surface area contributed by atoms with Gasteiger partial charge in [0.15, 0.2) is 0 Å². The molecule has 1 saturated carbocycles. The quantitative estimate of drug-likeness (QED) is 0.517. The van der Waals surface area contributed by atoms with E-state index in [1.807, 2.05) is 18.4 Å². The van der Waals surface area contributed by atoms with Crippen LogP contribution in [0.2, 0.25) is 0 Å². The van der Waals surface area contributed by atoms with E-state index in [0.717, 1.165) is 36.0 Å². The first-order valence-electron chi connectivity index (χ1n) is 11.0. The number of carbonyl (C=O) groups is 1. The smallest absolute Gasteiger partial charge is 0.243 e. The minimum absolute atomic E-state index is 0.147. The van der Waals surface area contributed by atoms with Crippen molar-refractivity contribution in [1.82, 2.24) is 9.21 Å². The summed E-state index contributed by atoms with van der Waals surface area (Å²) in [5.41, 5.74) is 2.83. The van der Waals surface area contributed by atoms with Gasteiger partial charge in [0.05, 0.1) is 17.5 Å². The molecule has 1 unspecified atom stereocenters. The molecule has 1 aromatic heterocycles. The molecular weight excluding hydrogens is 459 g/mol. The summed E-state index contributed by atoms with van der Waals surface area (Å²) in [4.78, 5) is 16.8. The molecule has 1 aliphatic heterocycles. The van der Waals surface area contributed by atoms with Crippen molar-refractivity contribution in [3.8, 4) is 0 Å². The number of aryl methyl sites for hydroxylation is 1. The summed E-state index contributed by atoms with van der Waals surface area (Å²) in [5.74, 6) is -0.564. The van der Waals surface area contributed by atoms with Gasteiger partial charge in [0.1, 0.15) is 5.82 Å². The first-order valence-corrected chi connectivity index (χ1v) is 13.4. The van der Waals surface area contributed by atoms with Crippen molar-refractivity contribution in [2.24, 2.45) is 0 Å². The number of hydrogen-bond donors (Lipinski definition) is 0. The summed E-state index contributed by atoms with van der Waals surface area (Å²) >= 11 is 1.65. The van der Waals surface area contributed by atoms with Gasteiger partial charge in [0.25, 0.3) is 0 Å². The van der Waals surface area contributed by atoms with E-state index in [2.05, 4.69) is 0 Å². The molecule has 5 nitrogen and oxygen atoms in total. The first kappa shape index (κ1) is 22.3. The standard InChI is InChI=1S/C25H25FN2O3S2/c1-17-2-10-21(11-3-17)33(30,31)28(20-8-9-20)16-24(29)27-14-12-23-22(13-15-32-23)25(27)18-4-6-19(26)7-5-18/h2-7,10-11,13,15,20,25H,8-9,12,14,16H2,1H3. The van der Waals surface area contributed by atoms with Crippen molar-refractivity contribution in [2.75, 3.05) is 13.1 Å². The van der Waals surface area contributed by atoms with E-state index in [0.29, 0.717) is 6.54 Å². The molecular formula is C25H25FN2O3S2. The van der Waals surface area contributed by atoms with Crippen molar-refractivity contribution in [1.29, 1.82) is 0 Å². The number of carbonyl (C=O) groups excluding carboxylic acids is 1. The minimum Gasteiger partial charge on any atom is -0.330 e. The van der Waals surface area contributed by atoms with Crippen LogP contribution in [0.1, 0.15) is 40.5 Å². The summed E-state index contributed by atoms with van der Waals surface area (Å²) in [6.45, 7) is 2.21. The second-order valence-electron chi connectivity index (χ2n) is 8.68. The molecule has 8 heteroatoms. The van der Waals surface area contributed by atoms with Gasteiger partial charge in [-0.05, 0) is 73.0 Å². The Morgan fingerprint density at radius 2 is 1.79 bits per heavy atom. The normalized spacial score (nSPS) is 18.4. The van der Waals surface area contributed by atoms with Crippen LogP contribution < -0.4 is 0 Å². The minimum atomic E-state index is -3.79. The highest BCUT2D eigenvalue weighted by Crippen LogP contribution is 2.39. The molecule has 3 aromatic rings. The van der Waals surface area contributed by atoms with E-state index < -0.39 is 10.0 Å². The molecule has 2 aliphatic rings. The van der Waals surface area contributed by atoms with Gasteiger partial charge < -0.3 is 4.90 Å². The summed E-state index contributed by atoms with van der Waals surface area (Å²) in [6, 6.07) is 14.5. The number of fused-ring (bicyclic) bond motifs is 1. The van der Waals surface area contributed by atoms with Crippen LogP contribution in [0.15, 0.2) is 64.9 Å². The first-order chi connectivity index (χ1) is 15.8. The van der Waals surface area contributed by atoms with E-state index in [-0.39, 0.29) is 35.2 Å². The Hall–Kier alpha value is -2.55. The van der Waals surface area contributed by atoms with Gasteiger partial charge in [-0.15, -0.1) is 11.3 Å². The molecule has 0 N–H and O–H groups in total. The van der Waals surface area contributed by atoms with Gasteiger partial charge in [-0.25, -0.2) is 12.8 Å². The van der Waals surface area contributed by atoms with E-state index >= 15 is 0 Å². The van der Waals surface area contributed by atoms with Crippen molar-refractivity contribution >= 4 is 27.3 Å². The van der Waals surface area contributed by atoms with E-state index in [9.17, 15) is 17.6 Å². The molecule has 2 heterocycles. The molecule has 2 aromatic carbocycles. The zero-order valence-corrected chi connectivity index (χ0v) is 19.9. The van der Waals surface area contributed by atoms with Gasteiger partial charge in [-0.2, -0.15) is 4.31 Å². The number of benzene rings is 2. The van der Waals surface area contributed by atoms with Gasteiger partial charge in [0, 0.05) is 17.5 Å². The van der Waals surface area contributed by atoms with Crippen LogP contribution in [-0.2, 0) is 21.2 Å². The molecule has 5 rings (SSSR count). The highest BCUT2D eigenvalue weighted by molar-refractivity contribution is 7.89. The maximum Gasteiger partial charge on any atom is 0.243 e. The van der Waals surface area contributed by atoms with Gasteiger partial charge >= 0.3 is 0 Å². The van der Waals surface area contributed by atoms with E-state index in [1.54, 1.807) is 52.6 Å². The van der Waals surface area contributed by atoms with Crippen LogP contribution in [0.4, 0.5) is 4.39 Å². The number of thiophene rings is 1. The molecule has 0 radical (unpaired) electrons. The highest BCUT2D eigenvalue weighted by atomic mass is 32.2. The van der Waals surface area contributed by atoms with Crippen molar-refractivity contribution in [3.05, 3.63) is 87.4 Å². The van der Waals surface area contributed by atoms with Crippen molar-refractivity contribution in [2.45, 2.75) is 43.2 Å². The second kappa shape index (κ2) is 8.66. The Labute approximate surface area is 197 Å². The van der Waals surface area contributed by atoms with Crippen LogP contribution in [0.25, 0.3) is 0 Å². The van der Waals surface area contributed by atoms with Crippen LogP contribution in [0, 0.1) is 12.7 Å². The SMILES string of the molecule is Cc1ccc(S(=O)(=O)N(CC(=O)N2CCc3sccc3C2c2ccc(F)cc2)C2CC2)cc1. The lowest BCUT2D eigenvalue weighted by atomic mass is 9.93. The summed E-state index contributed by atoms with van der Waals surface area (Å²) in [5, 5.41) is 2.01. The molecule has 0 saturated heterocycles. The average Bonchev–Trinajstić information content (AvgIpc) is 3.53. The van der Waals surface area contributed by atoms with Gasteiger partial charge in [-0.3, -0.25) is 4.79 Å². The van der Waals surface area contributed by atoms with Crippen LogP contribution in [-0.4, -0.2) is 42.7 Å². The number of halogens is 1. The van der Waals surface area contributed by atoms with E-state index in [4.69, 9.17) is 0 Å². The monoisotopic (exact) mass is 484 g/mol.